The van der Waals surface area contributed by atoms with Crippen LogP contribution in [0.5, 0.6) is 5.75 Å². The molecule has 1 rings (SSSR count). The zero-order valence-electron chi connectivity index (χ0n) is 5.33. The zero-order chi connectivity index (χ0) is 6.69. The molecule has 10 heavy (non-hydrogen) atoms. The van der Waals surface area contributed by atoms with Crippen LogP contribution in [0.25, 0.3) is 0 Å². The maximum atomic E-state index is 8.96. The van der Waals surface area contributed by atoms with Crippen LogP contribution in [0.15, 0.2) is 24.3 Å². The van der Waals surface area contributed by atoms with E-state index in [-0.39, 0.29) is 32.0 Å². The number of hydrogen-bond acceptors (Lipinski definition) is 2. The Morgan fingerprint density at radius 3 is 2.30 bits per heavy atom. The van der Waals surface area contributed by atoms with Crippen molar-refractivity contribution in [3.63, 3.8) is 0 Å². The van der Waals surface area contributed by atoms with Gasteiger partial charge in [0.2, 0.25) is 0 Å². The van der Waals surface area contributed by atoms with Crippen LogP contribution < -0.4 is 0 Å². The van der Waals surface area contributed by atoms with Gasteiger partial charge in [-0.15, -0.1) is 0 Å². The normalized spacial score (nSPS) is 8.00. The molecule has 0 atom stereocenters. The third-order valence-corrected chi connectivity index (χ3v) is 1.09. The minimum Gasteiger partial charge on any atom is -0.507 e. The Labute approximate surface area is 78.5 Å². The number of aromatic hydroxyl groups is 1. The summed E-state index contributed by atoms with van der Waals surface area (Å²) >= 11 is 0. The molecule has 0 unspecified atom stereocenters. The van der Waals surface area contributed by atoms with E-state index in [2.05, 4.69) is 0 Å². The van der Waals surface area contributed by atoms with Gasteiger partial charge in [0.1, 0.15) is 5.75 Å². The summed E-state index contributed by atoms with van der Waals surface area (Å²) in [5.74, 6) is 0.160. The van der Waals surface area contributed by atoms with Gasteiger partial charge in [-0.3, -0.25) is 0 Å². The number of phenols is 1. The van der Waals surface area contributed by atoms with Crippen molar-refractivity contribution in [2.75, 3.05) is 0 Å². The number of hydrogen-bond donors (Lipinski definition) is 2. The van der Waals surface area contributed by atoms with Crippen LogP contribution in [0.2, 0.25) is 0 Å². The third kappa shape index (κ3) is 2.07. The van der Waals surface area contributed by atoms with Crippen LogP contribution in [0, 0.1) is 5.41 Å². The van der Waals surface area contributed by atoms with Gasteiger partial charge in [0.05, 0.1) is 0 Å². The van der Waals surface area contributed by atoms with E-state index in [1.165, 1.54) is 0 Å². The van der Waals surface area contributed by atoms with Crippen molar-refractivity contribution in [2.24, 2.45) is 0 Å². The summed E-state index contributed by atoms with van der Waals surface area (Å²) in [6, 6.07) is 6.74. The maximum absolute atomic E-state index is 8.96. The number of rotatable bonds is 1. The van der Waals surface area contributed by atoms with E-state index >= 15 is 0 Å². The van der Waals surface area contributed by atoms with Gasteiger partial charge >= 0.3 is 0 Å². The van der Waals surface area contributed by atoms with Crippen molar-refractivity contribution in [2.45, 2.75) is 0 Å². The van der Waals surface area contributed by atoms with Crippen molar-refractivity contribution in [1.82, 2.24) is 0 Å². The molecule has 50 valence electrons. The molecule has 0 aliphatic rings. The van der Waals surface area contributed by atoms with Crippen LogP contribution in [-0.4, -0.2) is 11.3 Å². The first-order chi connectivity index (χ1) is 4.34. The van der Waals surface area contributed by atoms with Crippen LogP contribution >= 0.6 is 0 Å². The monoisotopic (exact) mass is 211 g/mol. The van der Waals surface area contributed by atoms with E-state index < -0.39 is 0 Å². The second-order valence-electron chi connectivity index (χ2n) is 1.70. The molecule has 1 aromatic carbocycles. The average Bonchev–Trinajstić information content (AvgIpc) is 1.89. The molecule has 0 heterocycles. The van der Waals surface area contributed by atoms with Crippen molar-refractivity contribution in [3.8, 4) is 5.75 Å². The third-order valence-electron chi connectivity index (χ3n) is 1.09. The number of phenolic OH excluding ortho intramolecular Hbond substituents is 1. The fourth-order valence-corrected chi connectivity index (χ4v) is 0.610. The van der Waals surface area contributed by atoms with Crippen molar-refractivity contribution in [3.05, 3.63) is 29.8 Å². The Bertz CT molecular complexity index is 225. The topological polar surface area (TPSA) is 44.1 Å². The fraction of sp³-hybridized carbons (Fsp3) is 0. The predicted octanol–water partition coefficient (Wildman–Crippen LogP) is 1.39. The predicted molar refractivity (Wildman–Crippen MR) is 36.0 cm³/mol. The maximum Gasteiger partial charge on any atom is 0.124 e. The SMILES string of the molecule is N=Cc1ccccc1O.[Zr]. The summed E-state index contributed by atoms with van der Waals surface area (Å²) in [4.78, 5) is 0. The summed E-state index contributed by atoms with van der Waals surface area (Å²) in [7, 11) is 0. The molecule has 0 saturated heterocycles. The average molecular weight is 212 g/mol. The molecule has 2 N–H and O–H groups in total. The Hall–Kier alpha value is -0.427. The molecule has 0 saturated carbocycles. The second-order valence-corrected chi connectivity index (χ2v) is 1.70. The number of nitrogens with one attached hydrogen (secondary N) is 1. The van der Waals surface area contributed by atoms with Crippen LogP contribution in [0.4, 0.5) is 0 Å². The molecule has 0 amide bonds. The minimum atomic E-state index is 0. The summed E-state index contributed by atoms with van der Waals surface area (Å²) in [5.41, 5.74) is 0.553. The van der Waals surface area contributed by atoms with Gasteiger partial charge in [-0.2, -0.15) is 0 Å². The van der Waals surface area contributed by atoms with Gasteiger partial charge in [-0.25, -0.2) is 0 Å². The molecular formula is C7H7NOZr. The van der Waals surface area contributed by atoms with Crippen molar-refractivity contribution in [1.29, 1.82) is 5.41 Å². The first-order valence-electron chi connectivity index (χ1n) is 2.63. The van der Waals surface area contributed by atoms with Crippen LogP contribution in [0.1, 0.15) is 5.56 Å². The van der Waals surface area contributed by atoms with E-state index in [0.29, 0.717) is 5.56 Å². The Kier molecular flexibility index (Phi) is 4.21. The Morgan fingerprint density at radius 2 is 1.90 bits per heavy atom. The molecular weight excluding hydrogens is 205 g/mol. The van der Waals surface area contributed by atoms with Gasteiger partial charge in [-0.1, -0.05) is 12.1 Å². The van der Waals surface area contributed by atoms with E-state index in [9.17, 15) is 0 Å². The molecule has 0 aliphatic heterocycles. The molecule has 2 nitrogen and oxygen atoms in total. The molecule has 0 bridgehead atoms. The number of benzene rings is 1. The van der Waals surface area contributed by atoms with Gasteiger partial charge < -0.3 is 10.5 Å². The summed E-state index contributed by atoms with van der Waals surface area (Å²) in [5, 5.41) is 15.8. The molecule has 0 fully saturated rings. The minimum absolute atomic E-state index is 0. The summed E-state index contributed by atoms with van der Waals surface area (Å²) in [6.45, 7) is 0. The van der Waals surface area contributed by atoms with Gasteiger partial charge in [0, 0.05) is 38.0 Å². The van der Waals surface area contributed by atoms with Gasteiger partial charge in [-0.05, 0) is 12.1 Å². The molecule has 1 aromatic rings. The van der Waals surface area contributed by atoms with E-state index in [1.807, 2.05) is 0 Å². The largest absolute Gasteiger partial charge is 0.507 e. The Balaban J connectivity index is 0.000000810. The van der Waals surface area contributed by atoms with Crippen molar-refractivity contribution < 1.29 is 31.3 Å². The Morgan fingerprint density at radius 1 is 1.30 bits per heavy atom. The molecule has 0 aliphatic carbocycles. The van der Waals surface area contributed by atoms with E-state index in [4.69, 9.17) is 10.5 Å². The molecule has 0 spiro atoms. The summed E-state index contributed by atoms with van der Waals surface area (Å²) in [6.07, 6.45) is 1.12. The summed E-state index contributed by atoms with van der Waals surface area (Å²) < 4.78 is 0. The second kappa shape index (κ2) is 4.40. The zero-order valence-corrected chi connectivity index (χ0v) is 7.79. The van der Waals surface area contributed by atoms with E-state index in [1.54, 1.807) is 24.3 Å². The smallest absolute Gasteiger partial charge is 0.124 e. The van der Waals surface area contributed by atoms with E-state index in [0.717, 1.165) is 6.21 Å². The fourth-order valence-electron chi connectivity index (χ4n) is 0.610. The quantitative estimate of drug-likeness (QED) is 0.679. The standard InChI is InChI=1S/C7H7NO.Zr/c8-5-6-3-1-2-4-7(6)9;/h1-5,8-9H;. The molecule has 3 heteroatoms. The molecule has 0 radical (unpaired) electrons. The number of para-hydroxylation sites is 1. The molecule has 0 aromatic heterocycles. The first kappa shape index (κ1) is 9.57. The van der Waals surface area contributed by atoms with Gasteiger partial charge in [0.25, 0.3) is 0 Å². The van der Waals surface area contributed by atoms with Crippen LogP contribution in [-0.2, 0) is 26.2 Å². The van der Waals surface area contributed by atoms with Gasteiger partial charge in [0.15, 0.2) is 0 Å². The van der Waals surface area contributed by atoms with Crippen LogP contribution in [0.3, 0.4) is 0 Å². The van der Waals surface area contributed by atoms with Crippen molar-refractivity contribution >= 4 is 6.21 Å². The first-order valence-corrected chi connectivity index (χ1v) is 2.63.